The number of halogens is 2. The molecule has 2 rings (SSSR count). The van der Waals surface area contributed by atoms with Gasteiger partial charge >= 0.3 is 0 Å². The first-order valence-electron chi connectivity index (χ1n) is 6.61. The van der Waals surface area contributed by atoms with Gasteiger partial charge in [-0.25, -0.2) is 0 Å². The average molecular weight is 379 g/mol. The SMILES string of the molecule is Cc1nn(C)c(CN(CCCBr)C2CCC2)c1Br. The van der Waals surface area contributed by atoms with Crippen molar-refractivity contribution in [2.24, 2.45) is 7.05 Å². The van der Waals surface area contributed by atoms with Crippen molar-refractivity contribution in [3.63, 3.8) is 0 Å². The predicted molar refractivity (Wildman–Crippen MR) is 82.1 cm³/mol. The molecule has 3 nitrogen and oxygen atoms in total. The molecule has 0 amide bonds. The molecule has 1 aromatic rings. The zero-order chi connectivity index (χ0) is 13.1. The van der Waals surface area contributed by atoms with Gasteiger partial charge < -0.3 is 0 Å². The van der Waals surface area contributed by atoms with E-state index in [1.54, 1.807) is 0 Å². The third-order valence-corrected chi connectivity index (χ3v) is 5.38. The summed E-state index contributed by atoms with van der Waals surface area (Å²) in [5.74, 6) is 0. The number of hydrogen-bond donors (Lipinski definition) is 0. The summed E-state index contributed by atoms with van der Waals surface area (Å²) in [6.45, 7) is 4.24. The van der Waals surface area contributed by atoms with E-state index in [-0.39, 0.29) is 0 Å². The molecule has 18 heavy (non-hydrogen) atoms. The van der Waals surface area contributed by atoms with Crippen LogP contribution >= 0.6 is 31.9 Å². The maximum absolute atomic E-state index is 4.48. The highest BCUT2D eigenvalue weighted by Crippen LogP contribution is 2.29. The molecule has 0 atom stereocenters. The van der Waals surface area contributed by atoms with Gasteiger partial charge in [-0.05, 0) is 48.7 Å². The first-order valence-corrected chi connectivity index (χ1v) is 8.53. The maximum atomic E-state index is 4.48. The Morgan fingerprint density at radius 1 is 1.44 bits per heavy atom. The fourth-order valence-electron chi connectivity index (χ4n) is 2.45. The fourth-order valence-corrected chi connectivity index (χ4v) is 3.16. The van der Waals surface area contributed by atoms with Crippen LogP contribution in [0.5, 0.6) is 0 Å². The van der Waals surface area contributed by atoms with E-state index in [9.17, 15) is 0 Å². The molecular weight excluding hydrogens is 358 g/mol. The summed E-state index contributed by atoms with van der Waals surface area (Å²) >= 11 is 7.20. The molecule has 0 radical (unpaired) electrons. The monoisotopic (exact) mass is 377 g/mol. The molecule has 1 aliphatic rings. The Morgan fingerprint density at radius 2 is 2.17 bits per heavy atom. The van der Waals surface area contributed by atoms with Gasteiger partial charge in [-0.3, -0.25) is 9.58 Å². The van der Waals surface area contributed by atoms with Gasteiger partial charge in [-0.15, -0.1) is 0 Å². The molecule has 0 aliphatic heterocycles. The van der Waals surface area contributed by atoms with E-state index in [1.807, 2.05) is 11.7 Å². The van der Waals surface area contributed by atoms with Crippen LogP contribution in [0.1, 0.15) is 37.1 Å². The van der Waals surface area contributed by atoms with Gasteiger partial charge in [0.1, 0.15) is 0 Å². The van der Waals surface area contributed by atoms with E-state index in [0.717, 1.165) is 23.6 Å². The molecule has 0 unspecified atom stereocenters. The summed E-state index contributed by atoms with van der Waals surface area (Å²) in [5, 5.41) is 5.57. The first-order chi connectivity index (χ1) is 8.63. The molecule has 0 saturated heterocycles. The Balaban J connectivity index is 2.07. The second kappa shape index (κ2) is 6.53. The van der Waals surface area contributed by atoms with Crippen molar-refractivity contribution in [2.75, 3.05) is 11.9 Å². The first kappa shape index (κ1) is 14.5. The summed E-state index contributed by atoms with van der Waals surface area (Å²) in [4.78, 5) is 2.62. The van der Waals surface area contributed by atoms with Gasteiger partial charge in [-0.1, -0.05) is 22.4 Å². The summed E-state index contributed by atoms with van der Waals surface area (Å²) in [5.41, 5.74) is 2.38. The summed E-state index contributed by atoms with van der Waals surface area (Å²) in [7, 11) is 2.04. The standard InChI is InChI=1S/C13H21Br2N3/c1-10-13(15)12(17(2)16-10)9-18(8-4-7-14)11-5-3-6-11/h11H,3-9H2,1-2H3. The Bertz CT molecular complexity index is 399. The van der Waals surface area contributed by atoms with Crippen LogP contribution in [0.4, 0.5) is 0 Å². The summed E-state index contributed by atoms with van der Waals surface area (Å²) < 4.78 is 3.19. The Hall–Kier alpha value is 0.130. The van der Waals surface area contributed by atoms with Crippen molar-refractivity contribution in [3.05, 3.63) is 15.9 Å². The minimum absolute atomic E-state index is 0.783. The zero-order valence-corrected chi connectivity index (χ0v) is 14.3. The van der Waals surface area contributed by atoms with Crippen LogP contribution in [0.15, 0.2) is 4.47 Å². The van der Waals surface area contributed by atoms with Crippen molar-refractivity contribution in [2.45, 2.75) is 45.2 Å². The Kier molecular flexibility index (Phi) is 5.27. The number of alkyl halides is 1. The Morgan fingerprint density at radius 3 is 2.61 bits per heavy atom. The van der Waals surface area contributed by atoms with E-state index < -0.39 is 0 Å². The minimum Gasteiger partial charge on any atom is -0.295 e. The number of aromatic nitrogens is 2. The highest BCUT2D eigenvalue weighted by atomic mass is 79.9. The van der Waals surface area contributed by atoms with Gasteiger partial charge in [0.25, 0.3) is 0 Å². The molecule has 0 aromatic carbocycles. The molecule has 1 aliphatic carbocycles. The van der Waals surface area contributed by atoms with E-state index in [4.69, 9.17) is 0 Å². The van der Waals surface area contributed by atoms with Crippen molar-refractivity contribution >= 4 is 31.9 Å². The molecule has 1 saturated carbocycles. The lowest BCUT2D eigenvalue weighted by Crippen LogP contribution is -2.40. The second-order valence-electron chi connectivity index (χ2n) is 5.07. The van der Waals surface area contributed by atoms with Crippen molar-refractivity contribution in [1.29, 1.82) is 0 Å². The lowest BCUT2D eigenvalue weighted by molar-refractivity contribution is 0.117. The second-order valence-corrected chi connectivity index (χ2v) is 6.65. The molecule has 1 fully saturated rings. The van der Waals surface area contributed by atoms with Crippen molar-refractivity contribution < 1.29 is 0 Å². The predicted octanol–water partition coefficient (Wildman–Crippen LogP) is 3.63. The third-order valence-electron chi connectivity index (χ3n) is 3.78. The zero-order valence-electron chi connectivity index (χ0n) is 11.1. The lowest BCUT2D eigenvalue weighted by Gasteiger charge is -2.37. The summed E-state index contributed by atoms with van der Waals surface area (Å²) in [6.07, 6.45) is 5.32. The average Bonchev–Trinajstić information content (AvgIpc) is 2.50. The highest BCUT2D eigenvalue weighted by Gasteiger charge is 2.26. The van der Waals surface area contributed by atoms with Crippen molar-refractivity contribution in [1.82, 2.24) is 14.7 Å². The van der Waals surface area contributed by atoms with Gasteiger partial charge in [0, 0.05) is 25.0 Å². The van der Waals surface area contributed by atoms with E-state index in [1.165, 1.54) is 42.4 Å². The van der Waals surface area contributed by atoms with Crippen LogP contribution in [0, 0.1) is 6.92 Å². The molecule has 0 spiro atoms. The molecule has 102 valence electrons. The van der Waals surface area contributed by atoms with Gasteiger partial charge in [0.15, 0.2) is 0 Å². The molecule has 0 N–H and O–H groups in total. The lowest BCUT2D eigenvalue weighted by atomic mass is 9.91. The molecular formula is C13H21Br2N3. The van der Waals surface area contributed by atoms with Gasteiger partial charge in [0.2, 0.25) is 0 Å². The molecule has 0 bridgehead atoms. The number of rotatable bonds is 6. The smallest absolute Gasteiger partial charge is 0.0739 e. The van der Waals surface area contributed by atoms with Gasteiger partial charge in [0.05, 0.1) is 15.9 Å². The third kappa shape index (κ3) is 3.17. The van der Waals surface area contributed by atoms with Crippen LogP contribution in [-0.2, 0) is 13.6 Å². The molecule has 5 heteroatoms. The molecule has 1 aromatic heterocycles. The van der Waals surface area contributed by atoms with E-state index in [2.05, 4.69) is 48.8 Å². The maximum Gasteiger partial charge on any atom is 0.0739 e. The van der Waals surface area contributed by atoms with Crippen LogP contribution < -0.4 is 0 Å². The normalized spacial score (nSPS) is 16.3. The van der Waals surface area contributed by atoms with Crippen LogP contribution in [0.2, 0.25) is 0 Å². The van der Waals surface area contributed by atoms with E-state index in [0.29, 0.717) is 0 Å². The largest absolute Gasteiger partial charge is 0.295 e. The number of aryl methyl sites for hydroxylation is 2. The number of hydrogen-bond acceptors (Lipinski definition) is 2. The summed E-state index contributed by atoms with van der Waals surface area (Å²) in [6, 6.07) is 0.783. The van der Waals surface area contributed by atoms with Crippen LogP contribution in [-0.4, -0.2) is 32.6 Å². The minimum atomic E-state index is 0.783. The highest BCUT2D eigenvalue weighted by molar-refractivity contribution is 9.10. The fraction of sp³-hybridized carbons (Fsp3) is 0.769. The quantitative estimate of drug-likeness (QED) is 0.704. The van der Waals surface area contributed by atoms with Crippen LogP contribution in [0.3, 0.4) is 0 Å². The Labute approximate surface area is 126 Å². The van der Waals surface area contributed by atoms with Gasteiger partial charge in [-0.2, -0.15) is 5.10 Å². The number of nitrogens with zero attached hydrogens (tertiary/aromatic N) is 3. The van der Waals surface area contributed by atoms with E-state index >= 15 is 0 Å². The molecule has 1 heterocycles. The van der Waals surface area contributed by atoms with Crippen molar-refractivity contribution in [3.8, 4) is 0 Å². The van der Waals surface area contributed by atoms with Crippen LogP contribution in [0.25, 0.3) is 0 Å². The topological polar surface area (TPSA) is 21.1 Å².